The van der Waals surface area contributed by atoms with Crippen molar-refractivity contribution in [2.24, 2.45) is 5.10 Å². The third-order valence-corrected chi connectivity index (χ3v) is 2.20. The van der Waals surface area contributed by atoms with Gasteiger partial charge in [-0.1, -0.05) is 23.2 Å². The van der Waals surface area contributed by atoms with E-state index in [1.54, 1.807) is 17.1 Å². The lowest BCUT2D eigenvalue weighted by Gasteiger charge is -2.17. The Labute approximate surface area is 87.8 Å². The molecule has 0 aliphatic rings. The van der Waals surface area contributed by atoms with E-state index in [4.69, 9.17) is 23.2 Å². The molecule has 0 spiro atoms. The summed E-state index contributed by atoms with van der Waals surface area (Å²) in [5.41, 5.74) is 0.823. The van der Waals surface area contributed by atoms with Gasteiger partial charge in [0, 0.05) is 18.3 Å². The molecule has 0 unspecified atom stereocenters. The molecule has 0 aliphatic heterocycles. The summed E-state index contributed by atoms with van der Waals surface area (Å²) >= 11 is 11.7. The fourth-order valence-corrected chi connectivity index (χ4v) is 1.54. The molecule has 4 heteroatoms. The fraction of sp³-hybridized carbons (Fsp3) is 0.222. The van der Waals surface area contributed by atoms with Crippen molar-refractivity contribution in [3.63, 3.8) is 0 Å². The average Bonchev–Trinajstić information content (AvgIpc) is 2.10. The van der Waals surface area contributed by atoms with Crippen LogP contribution in [0, 0.1) is 0 Å². The number of hydrogen-bond acceptors (Lipinski definition) is 2. The molecule has 0 saturated carbocycles. The molecule has 1 rings (SSSR count). The Morgan fingerprint density at radius 1 is 1.46 bits per heavy atom. The number of halogens is 2. The van der Waals surface area contributed by atoms with E-state index in [2.05, 4.69) is 11.8 Å². The van der Waals surface area contributed by atoms with Gasteiger partial charge in [0.1, 0.15) is 0 Å². The van der Waals surface area contributed by atoms with Crippen LogP contribution in [-0.2, 0) is 0 Å². The van der Waals surface area contributed by atoms with Crippen LogP contribution in [0.25, 0.3) is 0 Å². The lowest BCUT2D eigenvalue weighted by atomic mass is 10.3. The van der Waals surface area contributed by atoms with Crippen LogP contribution >= 0.6 is 23.2 Å². The van der Waals surface area contributed by atoms with Gasteiger partial charge in [0.2, 0.25) is 0 Å². The molecule has 0 aromatic heterocycles. The maximum absolute atomic E-state index is 5.97. The first-order valence-electron chi connectivity index (χ1n) is 3.88. The minimum Gasteiger partial charge on any atom is -0.265 e. The molecular formula is C9H10Cl2N2. The molecule has 0 aliphatic carbocycles. The Morgan fingerprint density at radius 3 is 2.62 bits per heavy atom. The summed E-state index contributed by atoms with van der Waals surface area (Å²) in [4.78, 5) is 0. The average molecular weight is 217 g/mol. The van der Waals surface area contributed by atoms with Crippen molar-refractivity contribution >= 4 is 35.6 Å². The highest BCUT2D eigenvalue weighted by molar-refractivity contribution is 6.36. The number of nitrogens with zero attached hydrogens (tertiary/aromatic N) is 2. The Bertz CT molecular complexity index is 312. The van der Waals surface area contributed by atoms with Crippen LogP contribution in [-0.4, -0.2) is 13.3 Å². The van der Waals surface area contributed by atoms with E-state index < -0.39 is 0 Å². The van der Waals surface area contributed by atoms with Crippen LogP contribution in [0.4, 0.5) is 5.69 Å². The highest BCUT2D eigenvalue weighted by atomic mass is 35.5. The summed E-state index contributed by atoms with van der Waals surface area (Å²) in [7, 11) is 0. The number of rotatable bonds is 3. The van der Waals surface area contributed by atoms with Crippen molar-refractivity contribution in [3.8, 4) is 0 Å². The van der Waals surface area contributed by atoms with Gasteiger partial charge in [0.15, 0.2) is 0 Å². The molecule has 70 valence electrons. The second-order valence-corrected chi connectivity index (χ2v) is 3.30. The van der Waals surface area contributed by atoms with E-state index in [-0.39, 0.29) is 0 Å². The van der Waals surface area contributed by atoms with Gasteiger partial charge in [-0.15, -0.1) is 0 Å². The van der Waals surface area contributed by atoms with Crippen molar-refractivity contribution in [1.29, 1.82) is 0 Å². The molecule has 0 heterocycles. The quantitative estimate of drug-likeness (QED) is 0.559. The first-order valence-corrected chi connectivity index (χ1v) is 4.64. The zero-order valence-electron chi connectivity index (χ0n) is 7.30. The maximum atomic E-state index is 5.97. The lowest BCUT2D eigenvalue weighted by molar-refractivity contribution is 0.901. The number of anilines is 1. The molecule has 1 aromatic carbocycles. The van der Waals surface area contributed by atoms with E-state index in [0.29, 0.717) is 10.0 Å². The van der Waals surface area contributed by atoms with Crippen LogP contribution in [0.3, 0.4) is 0 Å². The Kier molecular flexibility index (Phi) is 3.58. The summed E-state index contributed by atoms with van der Waals surface area (Å²) in [6.45, 7) is 6.15. The van der Waals surface area contributed by atoms with Gasteiger partial charge in [-0.2, -0.15) is 5.10 Å². The maximum Gasteiger partial charge on any atom is 0.0780 e. The van der Waals surface area contributed by atoms with Gasteiger partial charge in [-0.3, -0.25) is 5.01 Å². The van der Waals surface area contributed by atoms with Crippen LogP contribution in [0.15, 0.2) is 23.3 Å². The minimum absolute atomic E-state index is 0.585. The summed E-state index contributed by atoms with van der Waals surface area (Å²) in [5.74, 6) is 0. The molecule has 0 N–H and O–H groups in total. The molecule has 0 bridgehead atoms. The van der Waals surface area contributed by atoms with Gasteiger partial charge in [-0.25, -0.2) is 0 Å². The molecule has 0 amide bonds. The summed E-state index contributed by atoms with van der Waals surface area (Å²) in [5, 5.41) is 6.73. The summed E-state index contributed by atoms with van der Waals surface area (Å²) < 4.78 is 0. The van der Waals surface area contributed by atoms with Crippen molar-refractivity contribution in [1.82, 2.24) is 0 Å². The van der Waals surface area contributed by atoms with E-state index >= 15 is 0 Å². The first kappa shape index (κ1) is 10.4. The molecule has 1 aromatic rings. The zero-order valence-corrected chi connectivity index (χ0v) is 8.81. The van der Waals surface area contributed by atoms with E-state index in [9.17, 15) is 0 Å². The topological polar surface area (TPSA) is 15.6 Å². The van der Waals surface area contributed by atoms with Gasteiger partial charge in [0.25, 0.3) is 0 Å². The molecule has 0 saturated heterocycles. The Hall–Kier alpha value is -0.730. The smallest absolute Gasteiger partial charge is 0.0780 e. The molecule has 0 radical (unpaired) electrons. The molecule has 13 heavy (non-hydrogen) atoms. The van der Waals surface area contributed by atoms with E-state index in [0.717, 1.165) is 12.2 Å². The van der Waals surface area contributed by atoms with Crippen molar-refractivity contribution in [3.05, 3.63) is 28.2 Å². The van der Waals surface area contributed by atoms with E-state index in [1.807, 2.05) is 13.0 Å². The zero-order chi connectivity index (χ0) is 9.84. The fourth-order valence-electron chi connectivity index (χ4n) is 1.04. The molecular weight excluding hydrogens is 207 g/mol. The van der Waals surface area contributed by atoms with Crippen LogP contribution in [0.2, 0.25) is 10.0 Å². The molecule has 0 atom stereocenters. The third kappa shape index (κ3) is 2.36. The first-order chi connectivity index (χ1) is 6.19. The van der Waals surface area contributed by atoms with Gasteiger partial charge >= 0.3 is 0 Å². The molecule has 0 fully saturated rings. The predicted octanol–water partition coefficient (Wildman–Crippen LogP) is 3.44. The van der Waals surface area contributed by atoms with Crippen LogP contribution in [0.1, 0.15) is 6.92 Å². The minimum atomic E-state index is 0.585. The van der Waals surface area contributed by atoms with E-state index in [1.165, 1.54) is 0 Å². The standard InChI is InChI=1S/C9H10Cl2N2/c1-3-13(12-2)9-5-4-7(10)6-8(9)11/h4-6H,2-3H2,1H3. The number of hydrazone groups is 1. The summed E-state index contributed by atoms with van der Waals surface area (Å²) in [6.07, 6.45) is 0. The lowest BCUT2D eigenvalue weighted by Crippen LogP contribution is -2.14. The van der Waals surface area contributed by atoms with Crippen LogP contribution < -0.4 is 5.01 Å². The second kappa shape index (κ2) is 4.49. The normalized spacial score (nSPS) is 9.77. The largest absolute Gasteiger partial charge is 0.265 e. The number of hydrogen-bond donors (Lipinski definition) is 0. The Balaban J connectivity index is 3.06. The van der Waals surface area contributed by atoms with Gasteiger partial charge in [0.05, 0.1) is 10.7 Å². The second-order valence-electron chi connectivity index (χ2n) is 2.45. The van der Waals surface area contributed by atoms with Gasteiger partial charge < -0.3 is 0 Å². The van der Waals surface area contributed by atoms with Crippen molar-refractivity contribution < 1.29 is 0 Å². The van der Waals surface area contributed by atoms with Crippen molar-refractivity contribution in [2.45, 2.75) is 6.92 Å². The Morgan fingerprint density at radius 2 is 2.15 bits per heavy atom. The highest BCUT2D eigenvalue weighted by Crippen LogP contribution is 2.28. The SMILES string of the molecule is C=NN(CC)c1ccc(Cl)cc1Cl. The van der Waals surface area contributed by atoms with Crippen molar-refractivity contribution in [2.75, 3.05) is 11.6 Å². The molecule has 2 nitrogen and oxygen atoms in total. The third-order valence-electron chi connectivity index (χ3n) is 1.66. The van der Waals surface area contributed by atoms with Crippen LogP contribution in [0.5, 0.6) is 0 Å². The summed E-state index contributed by atoms with van der Waals surface area (Å²) in [6, 6.07) is 5.28. The predicted molar refractivity (Wildman–Crippen MR) is 59.0 cm³/mol. The number of benzene rings is 1. The monoisotopic (exact) mass is 216 g/mol. The van der Waals surface area contributed by atoms with Gasteiger partial charge in [-0.05, 0) is 25.1 Å². The highest BCUT2D eigenvalue weighted by Gasteiger charge is 2.06.